The molecule has 1 amide bonds. The number of carbonyl (C=O) groups is 1. The van der Waals surface area contributed by atoms with Crippen LogP contribution in [0.5, 0.6) is 0 Å². The Labute approximate surface area is 113 Å². The summed E-state index contributed by atoms with van der Waals surface area (Å²) in [6.07, 6.45) is 0. The predicted molar refractivity (Wildman–Crippen MR) is 73.9 cm³/mol. The predicted octanol–water partition coefficient (Wildman–Crippen LogP) is 1.32. The van der Waals surface area contributed by atoms with Crippen LogP contribution < -0.4 is 5.32 Å². The molecule has 0 aromatic carbocycles. The standard InChI is InChI=1S/C11H19NOSi2.Li/c1-7-8(2)10(4)15(11(13)12-5)14(6)9(7)3;/h1-6H3,(H,12,13);. The van der Waals surface area contributed by atoms with Crippen LogP contribution in [-0.4, -0.2) is 47.2 Å². The number of nitrogens with one attached hydrogen (secondary N) is 1. The molecule has 1 rings (SSSR count). The summed E-state index contributed by atoms with van der Waals surface area (Å²) in [5.74, 6) is 0. The second-order valence-electron chi connectivity index (χ2n) is 4.08. The minimum absolute atomic E-state index is 0. The molecule has 2 nitrogen and oxygen atoms in total. The molecule has 5 heteroatoms. The van der Waals surface area contributed by atoms with Gasteiger partial charge < -0.3 is 5.32 Å². The third-order valence-electron chi connectivity index (χ3n) is 3.45. The fourth-order valence-electron chi connectivity index (χ4n) is 1.97. The van der Waals surface area contributed by atoms with Crippen molar-refractivity contribution in [2.75, 3.05) is 7.05 Å². The first-order valence-electron chi connectivity index (χ1n) is 5.20. The van der Waals surface area contributed by atoms with Crippen molar-refractivity contribution < 1.29 is 4.79 Å². The van der Waals surface area contributed by atoms with Gasteiger partial charge in [-0.15, -0.1) is 0 Å². The molecule has 1 N–H and O–H groups in total. The van der Waals surface area contributed by atoms with E-state index in [1.807, 2.05) is 0 Å². The molecule has 1 radical (unpaired) electrons. The summed E-state index contributed by atoms with van der Waals surface area (Å²) in [5.41, 5.74) is 3.04. The molecule has 0 unspecified atom stereocenters. The Kier molecular flexibility index (Phi) is 6.05. The molecule has 1 aromatic heterocycles. The van der Waals surface area contributed by atoms with E-state index in [4.69, 9.17) is 0 Å². The van der Waals surface area contributed by atoms with Crippen LogP contribution in [0.2, 0.25) is 0 Å². The second kappa shape index (κ2) is 6.06. The summed E-state index contributed by atoms with van der Waals surface area (Å²) in [6, 6.07) is 0. The summed E-state index contributed by atoms with van der Waals surface area (Å²) >= 11 is 0. The molecule has 0 aliphatic rings. The normalized spacial score (nSPS) is 9.62. The molecule has 0 saturated carbocycles. The SMILES string of the molecule is CNC(=O)[si]1c(C)c(C)c(C)c(C)[si]1C.[Li]. The van der Waals surface area contributed by atoms with Crippen molar-refractivity contribution in [1.82, 2.24) is 5.32 Å². The Morgan fingerprint density at radius 3 is 1.94 bits per heavy atom. The molecule has 1 aromatic rings. The summed E-state index contributed by atoms with van der Waals surface area (Å²) in [7, 11) is 0.122. The van der Waals surface area contributed by atoms with E-state index in [2.05, 4.69) is 39.6 Å². The molecule has 0 aliphatic carbocycles. The first kappa shape index (κ1) is 16.0. The van der Waals surface area contributed by atoms with Crippen molar-refractivity contribution in [2.24, 2.45) is 6.55 Å². The number of hydrogen-bond acceptors (Lipinski definition) is 1. The Morgan fingerprint density at radius 1 is 1.06 bits per heavy atom. The van der Waals surface area contributed by atoms with Crippen molar-refractivity contribution in [2.45, 2.75) is 27.7 Å². The average Bonchev–Trinajstić information content (AvgIpc) is 2.23. The maximum Gasteiger partial charge on any atom is 0.212 e. The van der Waals surface area contributed by atoms with E-state index in [1.165, 1.54) is 21.5 Å². The Balaban J connectivity index is 0.00000225. The number of amides is 1. The smallest absolute Gasteiger partial charge is 0.212 e. The van der Waals surface area contributed by atoms with E-state index in [1.54, 1.807) is 7.05 Å². The van der Waals surface area contributed by atoms with Gasteiger partial charge in [-0.3, -0.25) is 4.79 Å². The summed E-state index contributed by atoms with van der Waals surface area (Å²) in [6.45, 7) is 11.0. The monoisotopic (exact) mass is 244 g/mol. The van der Waals surface area contributed by atoms with Crippen molar-refractivity contribution >= 4 is 40.2 Å². The van der Waals surface area contributed by atoms with E-state index in [-0.39, 0.29) is 24.4 Å². The zero-order valence-corrected chi connectivity index (χ0v) is 13.4. The van der Waals surface area contributed by atoms with Gasteiger partial charge in [0.2, 0.25) is 5.53 Å². The molecule has 0 saturated heterocycles. The fraction of sp³-hybridized carbons (Fsp3) is 0.545. The van der Waals surface area contributed by atoms with Crippen LogP contribution in [0, 0.1) is 27.7 Å². The van der Waals surface area contributed by atoms with Gasteiger partial charge in [0, 0.05) is 33.8 Å². The molecule has 83 valence electrons. The minimum Gasteiger partial charge on any atom is -0.361 e. The van der Waals surface area contributed by atoms with Crippen molar-refractivity contribution in [3.05, 3.63) is 21.5 Å². The minimum atomic E-state index is -0.988. The zero-order valence-electron chi connectivity index (χ0n) is 11.4. The van der Waals surface area contributed by atoms with Crippen molar-refractivity contribution in [3.8, 4) is 0 Å². The van der Waals surface area contributed by atoms with Crippen LogP contribution in [0.3, 0.4) is 0 Å². The molecule has 0 aliphatic heterocycles. The molecular formula is C11H19LiNOSi2. The van der Waals surface area contributed by atoms with Gasteiger partial charge in [-0.05, 0) is 33.3 Å². The van der Waals surface area contributed by atoms with Crippen molar-refractivity contribution in [1.29, 1.82) is 0 Å². The topological polar surface area (TPSA) is 29.1 Å². The fourth-order valence-corrected chi connectivity index (χ4v) is 10.5. The second-order valence-corrected chi connectivity index (χ2v) is 11.8. The van der Waals surface area contributed by atoms with Crippen LogP contribution >= 0.6 is 0 Å². The maximum atomic E-state index is 11.9. The molecule has 1 heterocycles. The quantitative estimate of drug-likeness (QED) is 0.742. The van der Waals surface area contributed by atoms with Crippen LogP contribution in [0.1, 0.15) is 21.5 Å². The first-order chi connectivity index (χ1) is 6.91. The van der Waals surface area contributed by atoms with Gasteiger partial charge in [0.15, 0.2) is 0 Å². The summed E-state index contributed by atoms with van der Waals surface area (Å²) in [4.78, 5) is 11.9. The van der Waals surface area contributed by atoms with Crippen LogP contribution in [0.4, 0.5) is 4.79 Å². The third kappa shape index (κ3) is 2.62. The average molecular weight is 244 g/mol. The van der Waals surface area contributed by atoms with Crippen molar-refractivity contribution in [3.63, 3.8) is 0 Å². The summed E-state index contributed by atoms with van der Waals surface area (Å²) in [5, 5.41) is 5.67. The van der Waals surface area contributed by atoms with Gasteiger partial charge in [0.25, 0.3) is 0 Å². The number of hydrogen-bond donors (Lipinski definition) is 1. The van der Waals surface area contributed by atoms with E-state index in [9.17, 15) is 4.79 Å². The van der Waals surface area contributed by atoms with Gasteiger partial charge in [-0.25, -0.2) is 0 Å². The number of rotatable bonds is 1. The molecule has 0 spiro atoms. The number of carbonyl (C=O) groups excluding carboxylic acids is 1. The molecular weight excluding hydrogens is 225 g/mol. The summed E-state index contributed by atoms with van der Waals surface area (Å²) < 4.78 is 0. The van der Waals surface area contributed by atoms with Gasteiger partial charge in [0.05, 0.1) is 0 Å². The Hall–Kier alpha value is -0.0188. The van der Waals surface area contributed by atoms with Crippen LogP contribution in [0.25, 0.3) is 0 Å². The van der Waals surface area contributed by atoms with Gasteiger partial charge in [-0.1, -0.05) is 22.5 Å². The van der Waals surface area contributed by atoms with Gasteiger partial charge in [-0.2, -0.15) is 0 Å². The molecule has 16 heavy (non-hydrogen) atoms. The first-order valence-corrected chi connectivity index (χ1v) is 9.70. The van der Waals surface area contributed by atoms with E-state index < -0.39 is 15.8 Å². The van der Waals surface area contributed by atoms with Crippen LogP contribution in [-0.2, 0) is 6.55 Å². The Morgan fingerprint density at radius 2 is 1.50 bits per heavy atom. The van der Waals surface area contributed by atoms with Gasteiger partial charge >= 0.3 is 0 Å². The van der Waals surface area contributed by atoms with Gasteiger partial charge in [0.1, 0.15) is 7.90 Å². The molecule has 0 bridgehead atoms. The van der Waals surface area contributed by atoms with Crippen LogP contribution in [0.15, 0.2) is 0 Å². The van der Waals surface area contributed by atoms with E-state index in [0.29, 0.717) is 0 Å². The van der Waals surface area contributed by atoms with E-state index >= 15 is 0 Å². The third-order valence-corrected chi connectivity index (χ3v) is 12.7. The zero-order chi connectivity index (χ0) is 11.7. The molecule has 0 fully saturated rings. The Bertz CT molecular complexity index is 403. The largest absolute Gasteiger partial charge is 0.361 e. The molecule has 0 atom stereocenters. The van der Waals surface area contributed by atoms with E-state index in [0.717, 1.165) is 0 Å². The maximum absolute atomic E-state index is 11.9.